The summed E-state index contributed by atoms with van der Waals surface area (Å²) in [6.07, 6.45) is 0.441. The van der Waals surface area contributed by atoms with Crippen LogP contribution in [0.1, 0.15) is 29.8 Å². The Morgan fingerprint density at radius 3 is 2.50 bits per heavy atom. The van der Waals surface area contributed by atoms with Crippen molar-refractivity contribution in [3.63, 3.8) is 0 Å². The summed E-state index contributed by atoms with van der Waals surface area (Å²) in [5, 5.41) is 22.9. The molecule has 0 saturated heterocycles. The first-order chi connectivity index (χ1) is 18.1. The van der Waals surface area contributed by atoms with Crippen molar-refractivity contribution in [2.24, 2.45) is 10.2 Å². The third-order valence-corrected chi connectivity index (χ3v) is 7.05. The first-order valence-electron chi connectivity index (χ1n) is 11.6. The summed E-state index contributed by atoms with van der Waals surface area (Å²) in [6, 6.07) is 18.1. The lowest BCUT2D eigenvalue weighted by molar-refractivity contribution is 0.102. The number of azo groups is 1. The van der Waals surface area contributed by atoms with E-state index in [1.165, 1.54) is 18.2 Å². The number of hydrogen-bond acceptors (Lipinski definition) is 7. The molecule has 0 radical (unpaired) electrons. The highest BCUT2D eigenvalue weighted by Crippen LogP contribution is 2.41. The summed E-state index contributed by atoms with van der Waals surface area (Å²) in [7, 11) is -4.61. The molecule has 0 aliphatic heterocycles. The maximum absolute atomic E-state index is 13.2. The lowest BCUT2D eigenvalue weighted by atomic mass is 10.0. The van der Waals surface area contributed by atoms with Crippen molar-refractivity contribution in [3.8, 4) is 11.5 Å². The highest BCUT2D eigenvalue weighted by molar-refractivity contribution is 7.86. The number of fused-ring (bicyclic) bond motifs is 1. The number of carbonyl (C=O) groups is 1. The molecule has 4 aromatic rings. The van der Waals surface area contributed by atoms with E-state index in [9.17, 15) is 22.9 Å². The van der Waals surface area contributed by atoms with Crippen LogP contribution in [0, 0.1) is 0 Å². The third-order valence-electron chi connectivity index (χ3n) is 5.67. The van der Waals surface area contributed by atoms with E-state index in [0.29, 0.717) is 40.8 Å². The van der Waals surface area contributed by atoms with Crippen LogP contribution in [-0.4, -0.2) is 30.6 Å². The molecular formula is C27H24ClN3O6S. The van der Waals surface area contributed by atoms with Gasteiger partial charge in [0.15, 0.2) is 5.75 Å². The van der Waals surface area contributed by atoms with Gasteiger partial charge in [-0.2, -0.15) is 8.42 Å². The van der Waals surface area contributed by atoms with Gasteiger partial charge in [-0.05, 0) is 54.6 Å². The number of anilines is 1. The van der Waals surface area contributed by atoms with E-state index >= 15 is 0 Å². The first-order valence-corrected chi connectivity index (χ1v) is 13.4. The van der Waals surface area contributed by atoms with Crippen molar-refractivity contribution in [1.82, 2.24) is 0 Å². The Hall–Kier alpha value is -3.99. The minimum absolute atomic E-state index is 0.0114. The monoisotopic (exact) mass is 553 g/mol. The first kappa shape index (κ1) is 27.1. The minimum Gasteiger partial charge on any atom is -0.505 e. The number of nitrogens with one attached hydrogen (secondary N) is 1. The predicted molar refractivity (Wildman–Crippen MR) is 146 cm³/mol. The van der Waals surface area contributed by atoms with E-state index in [4.69, 9.17) is 16.3 Å². The minimum atomic E-state index is -4.61. The number of phenolic OH excluding ortho intramolecular Hbond substituents is 1. The van der Waals surface area contributed by atoms with Crippen molar-refractivity contribution in [1.29, 1.82) is 0 Å². The molecule has 0 saturated carbocycles. The Bertz CT molecular complexity index is 1670. The van der Waals surface area contributed by atoms with Gasteiger partial charge in [-0.3, -0.25) is 9.35 Å². The molecule has 196 valence electrons. The molecule has 9 nitrogen and oxygen atoms in total. The SMILES string of the molecule is CCOc1cccc(NC(=O)c2cc3ccccc3c(N=Nc3cc(CC)cc(S(=O)(=O)O)c3Cl)c2O)c1. The lowest BCUT2D eigenvalue weighted by Crippen LogP contribution is -2.12. The summed E-state index contributed by atoms with van der Waals surface area (Å²) < 4.78 is 38.7. The van der Waals surface area contributed by atoms with Gasteiger partial charge in [-0.1, -0.05) is 48.9 Å². The number of halogens is 1. The van der Waals surface area contributed by atoms with Gasteiger partial charge in [-0.25, -0.2) is 0 Å². The summed E-state index contributed by atoms with van der Waals surface area (Å²) in [6.45, 7) is 4.11. The average Bonchev–Trinajstić information content (AvgIpc) is 2.88. The number of aryl methyl sites for hydroxylation is 1. The van der Waals surface area contributed by atoms with Gasteiger partial charge in [0.2, 0.25) is 0 Å². The van der Waals surface area contributed by atoms with Crippen LogP contribution in [0.2, 0.25) is 5.02 Å². The number of aromatic hydroxyl groups is 1. The second-order valence-corrected chi connectivity index (χ2v) is 9.98. The number of hydrogen-bond donors (Lipinski definition) is 3. The van der Waals surface area contributed by atoms with E-state index in [-0.39, 0.29) is 22.0 Å². The van der Waals surface area contributed by atoms with Crippen molar-refractivity contribution in [2.45, 2.75) is 25.2 Å². The van der Waals surface area contributed by atoms with E-state index in [1.54, 1.807) is 55.5 Å². The molecule has 1 amide bonds. The van der Waals surface area contributed by atoms with Gasteiger partial charge < -0.3 is 15.2 Å². The maximum atomic E-state index is 13.2. The predicted octanol–water partition coefficient (Wildman–Crippen LogP) is 7.07. The van der Waals surface area contributed by atoms with Gasteiger partial charge in [0.1, 0.15) is 22.0 Å². The number of amides is 1. The number of nitrogens with zero attached hydrogens (tertiary/aromatic N) is 2. The van der Waals surface area contributed by atoms with Crippen molar-refractivity contribution in [2.75, 3.05) is 11.9 Å². The van der Waals surface area contributed by atoms with E-state index in [0.717, 1.165) is 0 Å². The molecule has 0 atom stereocenters. The van der Waals surface area contributed by atoms with E-state index in [2.05, 4.69) is 15.5 Å². The standard InChI is InChI=1S/C27H24ClN3O6S/c1-3-16-12-22(24(28)23(13-16)38(34,35)36)30-31-25-20-11-6-5-8-17(20)14-21(26(25)32)27(33)29-18-9-7-10-19(15-18)37-4-2/h5-15,32H,3-4H2,1-2H3,(H,29,33)(H,34,35,36). The molecule has 0 fully saturated rings. The molecule has 3 N–H and O–H groups in total. The van der Waals surface area contributed by atoms with Crippen LogP contribution in [-0.2, 0) is 16.5 Å². The quantitative estimate of drug-likeness (QED) is 0.157. The topological polar surface area (TPSA) is 138 Å². The summed E-state index contributed by atoms with van der Waals surface area (Å²) in [5.74, 6) is -0.431. The molecule has 0 spiro atoms. The summed E-state index contributed by atoms with van der Waals surface area (Å²) >= 11 is 6.22. The van der Waals surface area contributed by atoms with Gasteiger partial charge >= 0.3 is 0 Å². The van der Waals surface area contributed by atoms with Gasteiger partial charge in [0.05, 0.1) is 17.2 Å². The molecule has 0 aliphatic carbocycles. The van der Waals surface area contributed by atoms with Crippen molar-refractivity contribution in [3.05, 3.63) is 82.9 Å². The Kier molecular flexibility index (Phi) is 7.96. The van der Waals surface area contributed by atoms with Crippen LogP contribution in [0.15, 0.2) is 81.9 Å². The number of phenols is 1. The van der Waals surface area contributed by atoms with Gasteiger partial charge in [0, 0.05) is 17.1 Å². The molecule has 0 bridgehead atoms. The molecule has 11 heteroatoms. The normalized spacial score (nSPS) is 11.7. The van der Waals surface area contributed by atoms with Crippen LogP contribution in [0.3, 0.4) is 0 Å². The Labute approximate surface area is 224 Å². The highest BCUT2D eigenvalue weighted by atomic mass is 35.5. The summed E-state index contributed by atoms with van der Waals surface area (Å²) in [4.78, 5) is 12.7. The number of benzene rings is 4. The Balaban J connectivity index is 1.80. The fourth-order valence-electron chi connectivity index (χ4n) is 3.83. The van der Waals surface area contributed by atoms with Crippen molar-refractivity contribution < 1.29 is 27.6 Å². The van der Waals surface area contributed by atoms with E-state index < -0.39 is 26.7 Å². The maximum Gasteiger partial charge on any atom is 0.296 e. The zero-order valence-electron chi connectivity index (χ0n) is 20.5. The van der Waals surface area contributed by atoms with Crippen LogP contribution in [0.5, 0.6) is 11.5 Å². The molecule has 38 heavy (non-hydrogen) atoms. The third kappa shape index (κ3) is 5.77. The molecular weight excluding hydrogens is 530 g/mol. The second-order valence-electron chi connectivity index (χ2n) is 8.21. The largest absolute Gasteiger partial charge is 0.505 e. The number of carbonyl (C=O) groups excluding carboxylic acids is 1. The van der Waals surface area contributed by atoms with Gasteiger partial charge in [-0.15, -0.1) is 10.2 Å². The lowest BCUT2D eigenvalue weighted by Gasteiger charge is -2.12. The van der Waals surface area contributed by atoms with E-state index in [1.807, 2.05) is 6.92 Å². The molecule has 0 aromatic heterocycles. The zero-order chi connectivity index (χ0) is 27.4. The van der Waals surface area contributed by atoms with Crippen LogP contribution in [0.4, 0.5) is 17.1 Å². The number of ether oxygens (including phenoxy) is 1. The second kappa shape index (κ2) is 11.2. The zero-order valence-corrected chi connectivity index (χ0v) is 22.0. The number of rotatable bonds is 8. The van der Waals surface area contributed by atoms with Crippen LogP contribution >= 0.6 is 11.6 Å². The molecule has 4 rings (SSSR count). The smallest absolute Gasteiger partial charge is 0.296 e. The fraction of sp³-hybridized carbons (Fsp3) is 0.148. The highest BCUT2D eigenvalue weighted by Gasteiger charge is 2.21. The summed E-state index contributed by atoms with van der Waals surface area (Å²) in [5.41, 5.74) is 0.934. The molecule has 0 aliphatic rings. The molecule has 0 unspecified atom stereocenters. The average molecular weight is 554 g/mol. The van der Waals surface area contributed by atoms with Gasteiger partial charge in [0.25, 0.3) is 16.0 Å². The van der Waals surface area contributed by atoms with Crippen molar-refractivity contribution >= 4 is 55.5 Å². The molecule has 0 heterocycles. The fourth-order valence-corrected chi connectivity index (χ4v) is 4.90. The van der Waals surface area contributed by atoms with Crippen LogP contribution in [0.25, 0.3) is 10.8 Å². The van der Waals surface area contributed by atoms with Crippen LogP contribution < -0.4 is 10.1 Å². The Morgan fingerprint density at radius 1 is 1.03 bits per heavy atom. The Morgan fingerprint density at radius 2 is 1.79 bits per heavy atom. The molecule has 4 aromatic carbocycles.